The van der Waals surface area contributed by atoms with Crippen molar-refractivity contribution in [2.24, 2.45) is 20.5 Å². The Bertz CT molecular complexity index is 787. The van der Waals surface area contributed by atoms with Crippen molar-refractivity contribution in [2.45, 2.75) is 6.61 Å². The van der Waals surface area contributed by atoms with Crippen LogP contribution in [0.1, 0.15) is 5.56 Å². The Morgan fingerprint density at radius 1 is 1.12 bits per heavy atom. The van der Waals surface area contributed by atoms with E-state index in [1.54, 1.807) is 12.1 Å². The largest absolute Gasteiger partial charge is 0.494 e. The molecule has 1 N–H and O–H groups in total. The third kappa shape index (κ3) is 3.96. The number of hydrogen-bond donors (Lipinski definition) is 1. The Labute approximate surface area is 137 Å². The second kappa shape index (κ2) is 7.88. The lowest BCUT2D eigenvalue weighted by Crippen LogP contribution is -1.89. The van der Waals surface area contributed by atoms with Crippen molar-refractivity contribution in [3.63, 3.8) is 0 Å². The van der Waals surface area contributed by atoms with Gasteiger partial charge in [0.05, 0.1) is 30.0 Å². The lowest BCUT2D eigenvalue weighted by atomic mass is 10.1. The van der Waals surface area contributed by atoms with Crippen molar-refractivity contribution in [1.82, 2.24) is 0 Å². The summed E-state index contributed by atoms with van der Waals surface area (Å²) in [6.45, 7) is -0.259. The van der Waals surface area contributed by atoms with Gasteiger partial charge >= 0.3 is 0 Å². The van der Waals surface area contributed by atoms with Crippen molar-refractivity contribution in [3.05, 3.63) is 52.1 Å². The second-order valence-electron chi connectivity index (χ2n) is 4.58. The van der Waals surface area contributed by atoms with Gasteiger partial charge in [0.25, 0.3) is 5.69 Å². The fourth-order valence-electron chi connectivity index (χ4n) is 1.92. The summed E-state index contributed by atoms with van der Waals surface area (Å²) in [4.78, 5) is 10.1. The third-order valence-corrected chi connectivity index (χ3v) is 3.09. The van der Waals surface area contributed by atoms with Crippen molar-refractivity contribution >= 4 is 22.7 Å². The van der Waals surface area contributed by atoms with Crippen LogP contribution >= 0.6 is 0 Å². The van der Waals surface area contributed by atoms with Gasteiger partial charge in [0.1, 0.15) is 11.4 Å². The molecule has 0 aliphatic rings. The molecule has 0 unspecified atom stereocenters. The summed E-state index contributed by atoms with van der Waals surface area (Å²) in [7, 11) is 3.01. The molecule has 0 aliphatic carbocycles. The first-order valence-electron chi connectivity index (χ1n) is 6.87. The molecule has 0 fully saturated rings. The Kier molecular flexibility index (Phi) is 5.63. The summed E-state index contributed by atoms with van der Waals surface area (Å²) in [6, 6.07) is 8.84. The zero-order valence-corrected chi connectivity index (χ0v) is 13.1. The smallest absolute Gasteiger partial charge is 0.269 e. The van der Waals surface area contributed by atoms with E-state index in [1.165, 1.54) is 38.4 Å². The molecule has 24 heavy (non-hydrogen) atoms. The van der Waals surface area contributed by atoms with E-state index in [0.717, 1.165) is 0 Å². The number of rotatable bonds is 6. The van der Waals surface area contributed by atoms with Crippen LogP contribution < -0.4 is 4.74 Å². The van der Waals surface area contributed by atoms with Crippen LogP contribution in [0.25, 0.3) is 0 Å². The molecule has 0 bridgehead atoms. The highest BCUT2D eigenvalue weighted by molar-refractivity contribution is 5.63. The highest BCUT2D eigenvalue weighted by atomic mass is 16.6. The van der Waals surface area contributed by atoms with E-state index in [4.69, 9.17) is 4.74 Å². The third-order valence-electron chi connectivity index (χ3n) is 3.09. The number of hydrogen-bond acceptors (Lipinski definition) is 8. The number of nitrogens with zero attached hydrogens (tertiary/aromatic N) is 5. The van der Waals surface area contributed by atoms with E-state index >= 15 is 0 Å². The first kappa shape index (κ1) is 17.2. The molecule has 0 saturated heterocycles. The molecule has 0 amide bonds. The molecule has 0 atom stereocenters. The summed E-state index contributed by atoms with van der Waals surface area (Å²) in [5, 5.41) is 35.8. The molecule has 0 saturated carbocycles. The van der Waals surface area contributed by atoms with Crippen molar-refractivity contribution in [2.75, 3.05) is 14.2 Å². The van der Waals surface area contributed by atoms with Crippen LogP contribution in [0.15, 0.2) is 56.9 Å². The Morgan fingerprint density at radius 2 is 1.83 bits per heavy atom. The van der Waals surface area contributed by atoms with E-state index in [0.29, 0.717) is 28.4 Å². The van der Waals surface area contributed by atoms with E-state index in [9.17, 15) is 15.2 Å². The fraction of sp³-hybridized carbons (Fsp3) is 0.200. The number of benzene rings is 2. The van der Waals surface area contributed by atoms with Crippen LogP contribution in [0.4, 0.5) is 22.7 Å². The van der Waals surface area contributed by atoms with Crippen LogP contribution in [-0.4, -0.2) is 24.2 Å². The summed E-state index contributed by atoms with van der Waals surface area (Å²) >= 11 is 0. The quantitative estimate of drug-likeness (QED) is 0.484. The summed E-state index contributed by atoms with van der Waals surface area (Å²) in [6.07, 6.45) is 0. The molecule has 2 aromatic carbocycles. The zero-order valence-electron chi connectivity index (χ0n) is 13.1. The average molecular weight is 329 g/mol. The normalized spacial score (nSPS) is 11.3. The van der Waals surface area contributed by atoms with Crippen LogP contribution in [-0.2, 0) is 6.61 Å². The van der Waals surface area contributed by atoms with Gasteiger partial charge in [0, 0.05) is 30.8 Å². The van der Waals surface area contributed by atoms with Crippen molar-refractivity contribution in [3.8, 4) is 5.75 Å². The van der Waals surface area contributed by atoms with Crippen LogP contribution in [0.2, 0.25) is 0 Å². The van der Waals surface area contributed by atoms with Gasteiger partial charge < -0.3 is 9.84 Å². The Hall–Kier alpha value is -3.20. The molecule has 9 nitrogen and oxygen atoms in total. The number of aliphatic hydroxyl groups is 1. The molecule has 0 aromatic heterocycles. The summed E-state index contributed by atoms with van der Waals surface area (Å²) in [5.41, 5.74) is 1.80. The predicted molar refractivity (Wildman–Crippen MR) is 86.6 cm³/mol. The molecule has 2 rings (SSSR count). The monoisotopic (exact) mass is 329 g/mol. The van der Waals surface area contributed by atoms with Crippen molar-refractivity contribution < 1.29 is 14.8 Å². The van der Waals surface area contributed by atoms with Gasteiger partial charge in [0.15, 0.2) is 0 Å². The van der Waals surface area contributed by atoms with E-state index in [2.05, 4.69) is 20.5 Å². The highest BCUT2D eigenvalue weighted by Crippen LogP contribution is 2.36. The fourth-order valence-corrected chi connectivity index (χ4v) is 1.92. The SMILES string of the molecule is CN=Nc1cc(CO)c(N=Nc2ccc([N+](=O)[O-])cc2)cc1OC. The first-order chi connectivity index (χ1) is 11.6. The minimum Gasteiger partial charge on any atom is -0.494 e. The molecule has 0 spiro atoms. The van der Waals surface area contributed by atoms with Gasteiger partial charge in [-0.1, -0.05) is 0 Å². The maximum absolute atomic E-state index is 10.6. The first-order valence-corrected chi connectivity index (χ1v) is 6.87. The number of aliphatic hydroxyl groups excluding tert-OH is 1. The average Bonchev–Trinajstić information content (AvgIpc) is 2.60. The number of nitro groups is 1. The molecule has 9 heteroatoms. The van der Waals surface area contributed by atoms with Gasteiger partial charge in [-0.25, -0.2) is 0 Å². The van der Waals surface area contributed by atoms with E-state index in [-0.39, 0.29) is 12.3 Å². The van der Waals surface area contributed by atoms with Gasteiger partial charge in [0.2, 0.25) is 0 Å². The standard InChI is InChI=1S/C15H15N5O4/c1-16-18-14-7-10(9-21)13(8-15(14)24-2)19-17-11-3-5-12(6-4-11)20(22)23/h3-8,21H,9H2,1-2H3. The minimum absolute atomic E-state index is 0.0269. The number of nitro benzene ring substituents is 1. The lowest BCUT2D eigenvalue weighted by Gasteiger charge is -2.08. The van der Waals surface area contributed by atoms with E-state index in [1.807, 2.05) is 0 Å². The maximum atomic E-state index is 10.6. The van der Waals surface area contributed by atoms with Crippen LogP contribution in [0.5, 0.6) is 5.75 Å². The minimum atomic E-state index is -0.489. The Balaban J connectivity index is 2.35. The lowest BCUT2D eigenvalue weighted by molar-refractivity contribution is -0.384. The molecule has 0 radical (unpaired) electrons. The predicted octanol–water partition coefficient (Wildman–Crippen LogP) is 4.22. The molecular weight excluding hydrogens is 314 g/mol. The Morgan fingerprint density at radius 3 is 2.38 bits per heavy atom. The zero-order chi connectivity index (χ0) is 17.5. The molecular formula is C15H15N5O4. The molecule has 124 valence electrons. The van der Waals surface area contributed by atoms with Gasteiger partial charge in [-0.15, -0.1) is 0 Å². The van der Waals surface area contributed by atoms with Gasteiger partial charge in [-0.3, -0.25) is 10.1 Å². The van der Waals surface area contributed by atoms with Gasteiger partial charge in [-0.05, 0) is 18.2 Å². The second-order valence-corrected chi connectivity index (χ2v) is 4.58. The summed E-state index contributed by atoms with van der Waals surface area (Å²) < 4.78 is 5.22. The van der Waals surface area contributed by atoms with Crippen LogP contribution in [0.3, 0.4) is 0 Å². The molecule has 0 heterocycles. The topological polar surface area (TPSA) is 122 Å². The molecule has 0 aliphatic heterocycles. The number of ether oxygens (including phenoxy) is 1. The summed E-state index contributed by atoms with van der Waals surface area (Å²) in [5.74, 6) is 0.440. The highest BCUT2D eigenvalue weighted by Gasteiger charge is 2.10. The number of non-ortho nitro benzene ring substituents is 1. The number of methoxy groups -OCH3 is 1. The van der Waals surface area contributed by atoms with Crippen LogP contribution in [0, 0.1) is 10.1 Å². The maximum Gasteiger partial charge on any atom is 0.269 e. The number of azo groups is 2. The van der Waals surface area contributed by atoms with Crippen molar-refractivity contribution in [1.29, 1.82) is 0 Å². The van der Waals surface area contributed by atoms with E-state index < -0.39 is 4.92 Å². The molecule has 2 aromatic rings. The van der Waals surface area contributed by atoms with Gasteiger partial charge in [-0.2, -0.15) is 20.5 Å².